The van der Waals surface area contributed by atoms with Gasteiger partial charge >= 0.3 is 0 Å². The fraction of sp³-hybridized carbons (Fsp3) is 0.158. The zero-order valence-corrected chi connectivity index (χ0v) is 17.5. The van der Waals surface area contributed by atoms with Crippen LogP contribution in [0.1, 0.15) is 22.0 Å². The molecular weight excluding hydrogens is 466 g/mol. The molecule has 0 bridgehead atoms. The number of nitrogen functional groups attached to an aromatic ring is 1. The Morgan fingerprint density at radius 2 is 1.94 bits per heavy atom. The molecule has 4 N–H and O–H groups in total. The lowest BCUT2D eigenvalue weighted by Crippen LogP contribution is -2.48. The zero-order chi connectivity index (χ0) is 24.5. The number of nitrogens with two attached hydrogens (primary N) is 1. The highest BCUT2D eigenvalue weighted by Crippen LogP contribution is 2.38. The van der Waals surface area contributed by atoms with E-state index in [0.29, 0.717) is 17.1 Å². The molecule has 0 saturated carbocycles. The number of hydrogen-bond donors (Lipinski definition) is 3. The van der Waals surface area contributed by atoms with Crippen LogP contribution in [0.15, 0.2) is 57.4 Å². The second-order valence-corrected chi connectivity index (χ2v) is 7.28. The Morgan fingerprint density at radius 3 is 2.71 bits per heavy atom. The maximum absolute atomic E-state index is 13.0. The van der Waals surface area contributed by atoms with Crippen LogP contribution in [0.25, 0.3) is 0 Å². The van der Waals surface area contributed by atoms with E-state index in [1.165, 1.54) is 30.3 Å². The van der Waals surface area contributed by atoms with Gasteiger partial charge in [-0.3, -0.25) is 30.6 Å². The highest BCUT2D eigenvalue weighted by Gasteiger charge is 2.42. The van der Waals surface area contributed by atoms with E-state index >= 15 is 0 Å². The third kappa shape index (κ3) is 3.99. The van der Waals surface area contributed by atoms with E-state index in [4.69, 9.17) is 15.2 Å². The summed E-state index contributed by atoms with van der Waals surface area (Å²) in [7, 11) is 0. The van der Waals surface area contributed by atoms with Crippen LogP contribution in [0.5, 0.6) is 11.5 Å². The van der Waals surface area contributed by atoms with Crippen LogP contribution < -0.4 is 31.1 Å². The van der Waals surface area contributed by atoms with E-state index in [9.17, 15) is 19.7 Å². The Kier molecular flexibility index (Phi) is 5.28. The Morgan fingerprint density at radius 1 is 1.11 bits per heavy atom. The first-order valence-electron chi connectivity index (χ1n) is 9.94. The molecule has 2 amide bonds. The van der Waals surface area contributed by atoms with Gasteiger partial charge in [0.05, 0.1) is 4.92 Å². The summed E-state index contributed by atoms with van der Waals surface area (Å²) in [5.41, 5.74) is 10.7. The number of hydrazine groups is 1. The quantitative estimate of drug-likeness (QED) is 0.346. The maximum atomic E-state index is 13.0. The molecule has 178 valence electrons. The van der Waals surface area contributed by atoms with Gasteiger partial charge in [-0.05, 0) is 34.1 Å². The van der Waals surface area contributed by atoms with Crippen LogP contribution in [0.4, 0.5) is 17.3 Å². The van der Waals surface area contributed by atoms with Crippen molar-refractivity contribution in [3.63, 3.8) is 0 Å². The van der Waals surface area contributed by atoms with Crippen LogP contribution in [0, 0.1) is 10.1 Å². The van der Waals surface area contributed by atoms with Crippen molar-refractivity contribution in [3.05, 3.63) is 63.7 Å². The molecule has 16 heteroatoms. The molecule has 16 nitrogen and oxygen atoms in total. The van der Waals surface area contributed by atoms with Crippen molar-refractivity contribution >= 4 is 29.1 Å². The number of aromatic nitrogens is 2. The molecule has 0 radical (unpaired) electrons. The van der Waals surface area contributed by atoms with E-state index in [1.807, 2.05) is 0 Å². The molecular formula is C19H15N9O7. The topological polar surface area (TPSA) is 213 Å². The summed E-state index contributed by atoms with van der Waals surface area (Å²) in [5.74, 6) is -0.647. The highest BCUT2D eigenvalue weighted by atomic mass is 16.7. The molecule has 2 aliphatic rings. The summed E-state index contributed by atoms with van der Waals surface area (Å²) in [6.45, 7) is 0.0465. The van der Waals surface area contributed by atoms with Gasteiger partial charge in [0.1, 0.15) is 6.04 Å². The summed E-state index contributed by atoms with van der Waals surface area (Å²) in [6.07, 6.45) is 0. The smallest absolute Gasteiger partial charge is 0.269 e. The monoisotopic (exact) mass is 481 g/mol. The van der Waals surface area contributed by atoms with Gasteiger partial charge in [-0.2, -0.15) is 5.11 Å². The summed E-state index contributed by atoms with van der Waals surface area (Å²) in [4.78, 5) is 36.2. The number of benzene rings is 2. The number of rotatable bonds is 5. The molecule has 0 saturated heterocycles. The van der Waals surface area contributed by atoms with Gasteiger partial charge in [0.15, 0.2) is 17.5 Å². The van der Waals surface area contributed by atoms with Gasteiger partial charge in [-0.15, -0.1) is 0 Å². The van der Waals surface area contributed by atoms with Gasteiger partial charge in [0.25, 0.3) is 17.5 Å². The number of amides is 2. The summed E-state index contributed by atoms with van der Waals surface area (Å²) in [6, 6.07) is 7.84. The predicted octanol–water partition coefficient (Wildman–Crippen LogP) is 1.05. The molecule has 0 spiro atoms. The lowest BCUT2D eigenvalue weighted by atomic mass is 9.98. The maximum Gasteiger partial charge on any atom is 0.269 e. The lowest BCUT2D eigenvalue weighted by Gasteiger charge is -2.23. The van der Waals surface area contributed by atoms with Crippen LogP contribution >= 0.6 is 0 Å². The molecule has 0 fully saturated rings. The molecule has 0 unspecified atom stereocenters. The van der Waals surface area contributed by atoms with Crippen LogP contribution in [0.3, 0.4) is 0 Å². The van der Waals surface area contributed by atoms with Crippen molar-refractivity contribution in [2.24, 2.45) is 10.3 Å². The number of nitro benzene ring substituents is 1. The molecule has 3 aromatic rings. The lowest BCUT2D eigenvalue weighted by molar-refractivity contribution is -0.384. The average Bonchev–Trinajstić information content (AvgIpc) is 3.60. The molecule has 1 aromatic heterocycles. The second-order valence-electron chi connectivity index (χ2n) is 7.28. The molecule has 0 aliphatic carbocycles. The number of nitrogens with zero attached hydrogens (tertiary/aromatic N) is 6. The molecule has 5 rings (SSSR count). The van der Waals surface area contributed by atoms with E-state index in [2.05, 4.69) is 36.1 Å². The molecule has 2 aromatic carbocycles. The van der Waals surface area contributed by atoms with Crippen molar-refractivity contribution in [2.75, 3.05) is 17.5 Å². The second kappa shape index (κ2) is 8.58. The summed E-state index contributed by atoms with van der Waals surface area (Å²) in [5, 5.41) is 27.5. The van der Waals surface area contributed by atoms with Gasteiger partial charge in [-0.1, -0.05) is 17.4 Å². The van der Waals surface area contributed by atoms with Crippen molar-refractivity contribution in [2.45, 2.75) is 12.1 Å². The average molecular weight is 481 g/mol. The molecule has 2 aliphatic heterocycles. The highest BCUT2D eigenvalue weighted by molar-refractivity contribution is 5.96. The summed E-state index contributed by atoms with van der Waals surface area (Å²) >= 11 is 0. The van der Waals surface area contributed by atoms with E-state index in [0.717, 1.165) is 5.01 Å². The minimum Gasteiger partial charge on any atom is -0.454 e. The Labute approximate surface area is 194 Å². The normalized spacial score (nSPS) is 17.9. The first-order chi connectivity index (χ1) is 16.9. The fourth-order valence-corrected chi connectivity index (χ4v) is 3.53. The number of carbonyl (C=O) groups is 2. The number of anilines is 2. The minimum atomic E-state index is -1.25. The first-order valence-corrected chi connectivity index (χ1v) is 9.94. The number of nitro groups is 1. The molecule has 2 atom stereocenters. The third-order valence-electron chi connectivity index (χ3n) is 5.17. The van der Waals surface area contributed by atoms with Crippen LogP contribution in [0.2, 0.25) is 0 Å². The number of nitrogens with one attached hydrogen (secondary N) is 2. The fourth-order valence-electron chi connectivity index (χ4n) is 3.53. The van der Waals surface area contributed by atoms with Crippen LogP contribution in [-0.2, 0) is 4.79 Å². The summed E-state index contributed by atoms with van der Waals surface area (Å²) < 4.78 is 15.1. The Hall–Kier alpha value is -5.28. The first kappa shape index (κ1) is 21.6. The van der Waals surface area contributed by atoms with Gasteiger partial charge in [0, 0.05) is 17.7 Å². The van der Waals surface area contributed by atoms with E-state index in [1.54, 1.807) is 12.1 Å². The Bertz CT molecular complexity index is 1360. The number of ether oxygens (including phenoxy) is 2. The number of carbonyl (C=O) groups excluding carboxylic acids is 2. The molecule has 35 heavy (non-hydrogen) atoms. The largest absolute Gasteiger partial charge is 0.454 e. The van der Waals surface area contributed by atoms with Crippen molar-refractivity contribution in [1.29, 1.82) is 0 Å². The Balaban J connectivity index is 1.37. The van der Waals surface area contributed by atoms with Crippen LogP contribution in [-0.4, -0.2) is 39.9 Å². The molecule has 3 heterocycles. The third-order valence-corrected chi connectivity index (χ3v) is 5.17. The van der Waals surface area contributed by atoms with Crippen molar-refractivity contribution in [3.8, 4) is 11.5 Å². The number of non-ortho nitro benzene ring substituents is 1. The van der Waals surface area contributed by atoms with E-state index in [-0.39, 0.29) is 29.7 Å². The number of hydrogen-bond acceptors (Lipinski definition) is 13. The SMILES string of the molecule is Nc1nonc1N1N=N[C@@H](C(=O)NNC(=O)c2ccc3c(c2)OCO3)[C@H]1c1cccc([N+](=O)[O-])c1. The number of fused-ring (bicyclic) bond motifs is 1. The zero-order valence-electron chi connectivity index (χ0n) is 17.5. The van der Waals surface area contributed by atoms with Gasteiger partial charge in [0.2, 0.25) is 18.4 Å². The standard InChI is InChI=1S/C19H15N9O7/c20-16-17(25-35-24-16)27-15(9-2-1-3-11(6-9)28(31)32)14(21-26-27)19(30)23-22-18(29)10-4-5-12-13(7-10)34-8-33-12/h1-7,14-15H,8H2,(H2,20,24)(H,22,29)(H,23,30)/t14-,15-/m1/s1. The predicted molar refractivity (Wildman–Crippen MR) is 114 cm³/mol. The van der Waals surface area contributed by atoms with Gasteiger partial charge < -0.3 is 15.2 Å². The van der Waals surface area contributed by atoms with Gasteiger partial charge in [-0.25, -0.2) is 9.64 Å². The van der Waals surface area contributed by atoms with Crippen molar-refractivity contribution in [1.82, 2.24) is 21.2 Å². The van der Waals surface area contributed by atoms with E-state index < -0.39 is 28.8 Å². The minimum absolute atomic E-state index is 0.0371. The van der Waals surface area contributed by atoms with Crippen molar-refractivity contribution < 1.29 is 28.6 Å².